The summed E-state index contributed by atoms with van der Waals surface area (Å²) in [5.74, 6) is 0.0284. The number of pyridine rings is 1. The van der Waals surface area contributed by atoms with Crippen molar-refractivity contribution >= 4 is 38.9 Å². The lowest BCUT2D eigenvalue weighted by molar-refractivity contribution is -0.137. The van der Waals surface area contributed by atoms with Crippen LogP contribution in [0.25, 0.3) is 27.7 Å². The van der Waals surface area contributed by atoms with Gasteiger partial charge in [-0.15, -0.1) is 0 Å². The molecule has 1 aromatic carbocycles. The van der Waals surface area contributed by atoms with Crippen LogP contribution in [0.2, 0.25) is 0 Å². The van der Waals surface area contributed by atoms with E-state index in [4.69, 9.17) is 4.52 Å². The number of carboxylic acids is 1. The number of allylic oxidation sites excluding steroid dienone is 1. The monoisotopic (exact) mass is 540 g/mol. The molecule has 0 bridgehead atoms. The molecule has 0 spiro atoms. The molecule has 1 saturated heterocycles. The number of fused-ring (bicyclic) bond motifs is 1. The van der Waals surface area contributed by atoms with Crippen LogP contribution < -0.4 is 4.90 Å². The minimum Gasteiger partial charge on any atom is -0.477 e. The maximum atomic E-state index is 13.7. The Morgan fingerprint density at radius 2 is 1.84 bits per heavy atom. The summed E-state index contributed by atoms with van der Waals surface area (Å²) in [6, 6.07) is 8.60. The fourth-order valence-corrected chi connectivity index (χ4v) is 5.81. The Labute approximate surface area is 219 Å². The van der Waals surface area contributed by atoms with Crippen molar-refractivity contribution in [2.45, 2.75) is 37.8 Å². The highest BCUT2D eigenvalue weighted by Gasteiger charge is 2.37. The number of hydrogen-bond donors (Lipinski definition) is 1. The van der Waals surface area contributed by atoms with E-state index in [-0.39, 0.29) is 28.8 Å². The van der Waals surface area contributed by atoms with E-state index in [9.17, 15) is 23.1 Å². The summed E-state index contributed by atoms with van der Waals surface area (Å²) in [4.78, 5) is 22.8. The standard InChI is InChI=1S/C27H23F3N4O3S/c28-27(29,30)19-4-2-1-3-17(19)22-18(23(37-33-22)16-6-7-16)8-5-15-11-13-34(14-12-15)26-32-20-9-10-21(25(35)36)31-24(20)38-26/h1-5,8-10,15-16H,6-7,11-14H2,(H,35,36). The summed E-state index contributed by atoms with van der Waals surface area (Å²) in [6.07, 6.45) is 3.04. The van der Waals surface area contributed by atoms with Crippen LogP contribution in [0.5, 0.6) is 0 Å². The second-order valence-corrected chi connectivity index (χ2v) is 10.6. The minimum absolute atomic E-state index is 0.00641. The largest absolute Gasteiger partial charge is 0.477 e. The smallest absolute Gasteiger partial charge is 0.417 e. The van der Waals surface area contributed by atoms with Gasteiger partial charge in [0.05, 0.1) is 5.56 Å². The number of benzene rings is 1. The van der Waals surface area contributed by atoms with Crippen LogP contribution in [0, 0.1) is 5.92 Å². The summed E-state index contributed by atoms with van der Waals surface area (Å²) in [5, 5.41) is 14.1. The first-order valence-corrected chi connectivity index (χ1v) is 13.2. The number of nitrogens with zero attached hydrogens (tertiary/aromatic N) is 4. The zero-order valence-corrected chi connectivity index (χ0v) is 20.9. The van der Waals surface area contributed by atoms with Gasteiger partial charge in [0, 0.05) is 30.1 Å². The van der Waals surface area contributed by atoms with Crippen LogP contribution in [-0.2, 0) is 6.18 Å². The number of halogens is 3. The predicted molar refractivity (Wildman–Crippen MR) is 137 cm³/mol. The normalized spacial score (nSPS) is 17.1. The summed E-state index contributed by atoms with van der Waals surface area (Å²) >= 11 is 1.37. The summed E-state index contributed by atoms with van der Waals surface area (Å²) in [7, 11) is 0. The number of anilines is 1. The molecule has 4 heterocycles. The molecule has 2 fully saturated rings. The number of hydrogen-bond acceptors (Lipinski definition) is 7. The van der Waals surface area contributed by atoms with E-state index < -0.39 is 17.7 Å². The van der Waals surface area contributed by atoms with Crippen molar-refractivity contribution in [3.8, 4) is 11.3 Å². The molecule has 4 aromatic rings. The molecule has 1 aliphatic heterocycles. The van der Waals surface area contributed by atoms with Crippen molar-refractivity contribution in [2.75, 3.05) is 18.0 Å². The number of rotatable bonds is 6. The summed E-state index contributed by atoms with van der Waals surface area (Å²) < 4.78 is 46.7. The number of carbonyl (C=O) groups is 1. The lowest BCUT2D eigenvalue weighted by Crippen LogP contribution is -2.32. The van der Waals surface area contributed by atoms with Crippen molar-refractivity contribution < 1.29 is 27.6 Å². The lowest BCUT2D eigenvalue weighted by atomic mass is 9.94. The van der Waals surface area contributed by atoms with Gasteiger partial charge < -0.3 is 14.5 Å². The van der Waals surface area contributed by atoms with Crippen molar-refractivity contribution in [1.29, 1.82) is 0 Å². The number of alkyl halides is 3. The van der Waals surface area contributed by atoms with E-state index in [1.165, 1.54) is 29.5 Å². The van der Waals surface area contributed by atoms with Crippen LogP contribution in [-0.4, -0.2) is 39.3 Å². The van der Waals surface area contributed by atoms with Crippen molar-refractivity contribution in [2.24, 2.45) is 5.92 Å². The van der Waals surface area contributed by atoms with Gasteiger partial charge in [0.15, 0.2) is 5.13 Å². The summed E-state index contributed by atoms with van der Waals surface area (Å²) in [5.41, 5.74) is 0.839. The molecule has 0 unspecified atom stereocenters. The number of thiazole rings is 1. The minimum atomic E-state index is -4.49. The van der Waals surface area contributed by atoms with Gasteiger partial charge in [0.25, 0.3) is 0 Å². The van der Waals surface area contributed by atoms with Crippen molar-refractivity contribution in [3.63, 3.8) is 0 Å². The average Bonchev–Trinajstić information content (AvgIpc) is 3.51. The van der Waals surface area contributed by atoms with Crippen LogP contribution in [0.3, 0.4) is 0 Å². The molecule has 1 saturated carbocycles. The van der Waals surface area contributed by atoms with Crippen molar-refractivity contribution in [1.82, 2.24) is 15.1 Å². The average molecular weight is 541 g/mol. The third kappa shape index (κ3) is 4.78. The highest BCUT2D eigenvalue weighted by molar-refractivity contribution is 7.21. The molecule has 6 rings (SSSR count). The van der Waals surface area contributed by atoms with Gasteiger partial charge in [0.2, 0.25) is 0 Å². The molecule has 2 aliphatic rings. The van der Waals surface area contributed by atoms with E-state index in [1.54, 1.807) is 12.1 Å². The molecule has 0 amide bonds. The van der Waals surface area contributed by atoms with Gasteiger partial charge in [0.1, 0.15) is 27.5 Å². The summed E-state index contributed by atoms with van der Waals surface area (Å²) in [6.45, 7) is 1.51. The molecule has 11 heteroatoms. The Morgan fingerprint density at radius 3 is 2.55 bits per heavy atom. The first-order chi connectivity index (χ1) is 18.3. The Balaban J connectivity index is 1.20. The predicted octanol–water partition coefficient (Wildman–Crippen LogP) is 6.87. The van der Waals surface area contributed by atoms with Gasteiger partial charge in [-0.1, -0.05) is 46.8 Å². The lowest BCUT2D eigenvalue weighted by Gasteiger charge is -2.30. The first kappa shape index (κ1) is 24.6. The molecule has 7 nitrogen and oxygen atoms in total. The Bertz CT molecular complexity index is 1530. The third-order valence-corrected chi connectivity index (χ3v) is 8.03. The maximum absolute atomic E-state index is 13.7. The molecule has 0 radical (unpaired) electrons. The van der Waals surface area contributed by atoms with Gasteiger partial charge in [-0.05, 0) is 49.8 Å². The Morgan fingerprint density at radius 1 is 1.08 bits per heavy atom. The molecule has 3 aromatic heterocycles. The quantitative estimate of drug-likeness (QED) is 0.285. The van der Waals surface area contributed by atoms with Gasteiger partial charge >= 0.3 is 12.1 Å². The third-order valence-electron chi connectivity index (χ3n) is 7.00. The van der Waals surface area contributed by atoms with Crippen LogP contribution in [0.4, 0.5) is 18.3 Å². The van der Waals surface area contributed by atoms with Crippen molar-refractivity contribution in [3.05, 3.63) is 65.1 Å². The number of carboxylic acid groups (broad SMARTS) is 1. The molecule has 1 N–H and O–H groups in total. The van der Waals surface area contributed by atoms with E-state index >= 15 is 0 Å². The highest BCUT2D eigenvalue weighted by atomic mass is 32.1. The SMILES string of the molecule is O=C(O)c1ccc2nc(N3CCC(C=Cc4c(-c5ccccc5C(F)(F)F)noc4C4CC4)CC3)sc2n1. The molecule has 38 heavy (non-hydrogen) atoms. The van der Waals surface area contributed by atoms with E-state index in [1.807, 2.05) is 6.08 Å². The fraction of sp³-hybridized carbons (Fsp3) is 0.333. The zero-order valence-electron chi connectivity index (χ0n) is 20.1. The maximum Gasteiger partial charge on any atom is 0.417 e. The molecular formula is C27H23F3N4O3S. The highest BCUT2D eigenvalue weighted by Crippen LogP contribution is 2.46. The van der Waals surface area contributed by atoms with Crippen LogP contribution >= 0.6 is 11.3 Å². The second kappa shape index (κ2) is 9.54. The van der Waals surface area contributed by atoms with Crippen LogP contribution in [0.1, 0.15) is 59.0 Å². The fourth-order valence-electron chi connectivity index (χ4n) is 4.82. The van der Waals surface area contributed by atoms with E-state index in [0.29, 0.717) is 21.7 Å². The molecule has 0 atom stereocenters. The second-order valence-electron chi connectivity index (χ2n) is 9.63. The molecule has 1 aliphatic carbocycles. The Hall–Kier alpha value is -3.73. The number of aromatic carboxylic acids is 1. The van der Waals surface area contributed by atoms with Gasteiger partial charge in [-0.25, -0.2) is 14.8 Å². The topological polar surface area (TPSA) is 92.3 Å². The Kier molecular flexibility index (Phi) is 6.17. The number of aromatic nitrogens is 3. The number of piperidine rings is 1. The first-order valence-electron chi connectivity index (χ1n) is 12.4. The van der Waals surface area contributed by atoms with Crippen LogP contribution in [0.15, 0.2) is 47.0 Å². The van der Waals surface area contributed by atoms with E-state index in [0.717, 1.165) is 50.0 Å². The van der Waals surface area contributed by atoms with Gasteiger partial charge in [-0.2, -0.15) is 13.2 Å². The molecular weight excluding hydrogens is 517 g/mol. The zero-order chi connectivity index (χ0) is 26.4. The van der Waals surface area contributed by atoms with Gasteiger partial charge in [-0.3, -0.25) is 0 Å². The molecule has 196 valence electrons. The van der Waals surface area contributed by atoms with E-state index in [2.05, 4.69) is 26.1 Å².